The molecular formula is C13H18BrNO. The molecule has 0 radical (unpaired) electrons. The maximum atomic E-state index is 11.7. The maximum absolute atomic E-state index is 11.7. The van der Waals surface area contributed by atoms with E-state index in [0.29, 0.717) is 18.6 Å². The molecule has 3 heteroatoms. The monoisotopic (exact) mass is 283 g/mol. The first-order valence-electron chi connectivity index (χ1n) is 5.69. The van der Waals surface area contributed by atoms with Crippen LogP contribution in [0.3, 0.4) is 0 Å². The number of nitrogens with two attached hydrogens (primary N) is 1. The Morgan fingerprint density at radius 2 is 1.94 bits per heavy atom. The highest BCUT2D eigenvalue weighted by atomic mass is 79.9. The summed E-state index contributed by atoms with van der Waals surface area (Å²) in [6, 6.07) is 7.88. The molecule has 2 nitrogen and oxygen atoms in total. The first-order valence-corrected chi connectivity index (χ1v) is 6.48. The van der Waals surface area contributed by atoms with Crippen LogP contribution in [0.15, 0.2) is 28.7 Å². The van der Waals surface area contributed by atoms with Gasteiger partial charge < -0.3 is 5.73 Å². The van der Waals surface area contributed by atoms with Crippen LogP contribution in [-0.2, 0) is 11.2 Å². The predicted molar refractivity (Wildman–Crippen MR) is 70.4 cm³/mol. The molecule has 88 valence electrons. The van der Waals surface area contributed by atoms with Gasteiger partial charge in [-0.1, -0.05) is 40.5 Å². The Kier molecular flexibility index (Phi) is 6.34. The molecule has 0 bridgehead atoms. The van der Waals surface area contributed by atoms with Crippen molar-refractivity contribution in [2.24, 2.45) is 5.73 Å². The van der Waals surface area contributed by atoms with Crippen molar-refractivity contribution in [3.05, 3.63) is 34.3 Å². The van der Waals surface area contributed by atoms with E-state index in [4.69, 9.17) is 5.73 Å². The van der Waals surface area contributed by atoms with Gasteiger partial charge in [0, 0.05) is 17.3 Å². The quantitative estimate of drug-likeness (QED) is 0.782. The fraction of sp³-hybridized carbons (Fsp3) is 0.462. The molecule has 0 unspecified atom stereocenters. The zero-order valence-electron chi connectivity index (χ0n) is 9.42. The van der Waals surface area contributed by atoms with Gasteiger partial charge in [-0.3, -0.25) is 4.79 Å². The molecule has 2 N–H and O–H groups in total. The van der Waals surface area contributed by atoms with Crippen LogP contribution in [0.5, 0.6) is 0 Å². The van der Waals surface area contributed by atoms with Crippen LogP contribution in [-0.4, -0.2) is 12.3 Å². The molecule has 0 aliphatic heterocycles. The molecule has 0 saturated carbocycles. The van der Waals surface area contributed by atoms with Crippen LogP contribution in [0.4, 0.5) is 0 Å². The van der Waals surface area contributed by atoms with Crippen molar-refractivity contribution in [2.75, 3.05) is 6.54 Å². The van der Waals surface area contributed by atoms with Gasteiger partial charge in [0.25, 0.3) is 0 Å². The molecule has 0 atom stereocenters. The van der Waals surface area contributed by atoms with E-state index in [1.54, 1.807) is 0 Å². The minimum Gasteiger partial charge on any atom is -0.330 e. The van der Waals surface area contributed by atoms with Gasteiger partial charge in [0.05, 0.1) is 0 Å². The van der Waals surface area contributed by atoms with Crippen LogP contribution in [0.2, 0.25) is 0 Å². The topological polar surface area (TPSA) is 43.1 Å². The van der Waals surface area contributed by atoms with Crippen molar-refractivity contribution in [3.8, 4) is 0 Å². The Balaban J connectivity index is 2.32. The SMILES string of the molecule is NCCCCCC(=O)Cc1ccccc1Br. The normalized spacial score (nSPS) is 10.4. The van der Waals surface area contributed by atoms with Gasteiger partial charge in [-0.05, 0) is 31.0 Å². The van der Waals surface area contributed by atoms with E-state index in [0.717, 1.165) is 35.8 Å². The highest BCUT2D eigenvalue weighted by Gasteiger charge is 2.05. The number of carbonyl (C=O) groups is 1. The number of hydrogen-bond acceptors (Lipinski definition) is 2. The number of ketones is 1. The molecule has 0 spiro atoms. The van der Waals surface area contributed by atoms with E-state index in [1.807, 2.05) is 24.3 Å². The fourth-order valence-electron chi connectivity index (χ4n) is 1.59. The minimum absolute atomic E-state index is 0.309. The number of hydrogen-bond donors (Lipinski definition) is 1. The highest BCUT2D eigenvalue weighted by molar-refractivity contribution is 9.10. The van der Waals surface area contributed by atoms with Gasteiger partial charge in [-0.15, -0.1) is 0 Å². The van der Waals surface area contributed by atoms with Crippen LogP contribution in [0, 0.1) is 0 Å². The standard InChI is InChI=1S/C13H18BrNO/c14-13-8-4-3-6-11(13)10-12(16)7-2-1-5-9-15/h3-4,6,8H,1-2,5,7,9-10,15H2. The van der Waals surface area contributed by atoms with E-state index in [-0.39, 0.29) is 0 Å². The number of Topliss-reactive ketones (excluding diaryl/α,β-unsaturated/α-hetero) is 1. The van der Waals surface area contributed by atoms with E-state index in [2.05, 4.69) is 15.9 Å². The van der Waals surface area contributed by atoms with Crippen molar-refractivity contribution in [1.82, 2.24) is 0 Å². The summed E-state index contributed by atoms with van der Waals surface area (Å²) in [5.74, 6) is 0.309. The van der Waals surface area contributed by atoms with Crippen molar-refractivity contribution in [3.63, 3.8) is 0 Å². The number of rotatable bonds is 7. The van der Waals surface area contributed by atoms with Gasteiger partial charge in [-0.2, -0.15) is 0 Å². The van der Waals surface area contributed by atoms with Crippen LogP contribution < -0.4 is 5.73 Å². The Bertz CT molecular complexity index is 338. The van der Waals surface area contributed by atoms with Crippen molar-refractivity contribution in [2.45, 2.75) is 32.1 Å². The molecule has 0 aliphatic rings. The van der Waals surface area contributed by atoms with E-state index >= 15 is 0 Å². The lowest BCUT2D eigenvalue weighted by Gasteiger charge is -2.03. The molecular weight excluding hydrogens is 266 g/mol. The van der Waals surface area contributed by atoms with Gasteiger partial charge in [0.2, 0.25) is 0 Å². The summed E-state index contributed by atoms with van der Waals surface area (Å²) in [7, 11) is 0. The zero-order chi connectivity index (χ0) is 11.8. The first-order chi connectivity index (χ1) is 7.74. The molecule has 1 rings (SSSR count). The lowest BCUT2D eigenvalue weighted by Crippen LogP contribution is -2.04. The van der Waals surface area contributed by atoms with E-state index in [9.17, 15) is 4.79 Å². The molecule has 0 aromatic heterocycles. The predicted octanol–water partition coefficient (Wildman–Crippen LogP) is 3.08. The second-order valence-electron chi connectivity index (χ2n) is 3.91. The van der Waals surface area contributed by atoms with Crippen LogP contribution in [0.25, 0.3) is 0 Å². The smallest absolute Gasteiger partial charge is 0.137 e. The second-order valence-corrected chi connectivity index (χ2v) is 4.76. The number of carbonyl (C=O) groups excluding carboxylic acids is 1. The average molecular weight is 284 g/mol. The Hall–Kier alpha value is -0.670. The molecule has 0 aliphatic carbocycles. The summed E-state index contributed by atoms with van der Waals surface area (Å²) in [5, 5.41) is 0. The third kappa shape index (κ3) is 4.90. The summed E-state index contributed by atoms with van der Waals surface area (Å²) in [5.41, 5.74) is 6.47. The summed E-state index contributed by atoms with van der Waals surface area (Å²) >= 11 is 3.45. The van der Waals surface area contributed by atoms with Crippen LogP contribution in [0.1, 0.15) is 31.2 Å². The van der Waals surface area contributed by atoms with E-state index in [1.165, 1.54) is 0 Å². The Labute approximate surface area is 105 Å². The largest absolute Gasteiger partial charge is 0.330 e. The van der Waals surface area contributed by atoms with Gasteiger partial charge >= 0.3 is 0 Å². The lowest BCUT2D eigenvalue weighted by molar-refractivity contribution is -0.118. The molecule has 1 aromatic rings. The zero-order valence-corrected chi connectivity index (χ0v) is 11.0. The molecule has 1 aromatic carbocycles. The number of benzene rings is 1. The van der Waals surface area contributed by atoms with Crippen LogP contribution >= 0.6 is 15.9 Å². The maximum Gasteiger partial charge on any atom is 0.137 e. The summed E-state index contributed by atoms with van der Waals surface area (Å²) < 4.78 is 1.02. The molecule has 0 fully saturated rings. The van der Waals surface area contributed by atoms with Crippen molar-refractivity contribution >= 4 is 21.7 Å². The second kappa shape index (κ2) is 7.58. The Morgan fingerprint density at radius 1 is 1.19 bits per heavy atom. The lowest BCUT2D eigenvalue weighted by atomic mass is 10.0. The summed E-state index contributed by atoms with van der Waals surface area (Å²) in [6.07, 6.45) is 4.23. The number of unbranched alkanes of at least 4 members (excludes halogenated alkanes) is 2. The minimum atomic E-state index is 0.309. The van der Waals surface area contributed by atoms with Gasteiger partial charge in [-0.25, -0.2) is 0 Å². The van der Waals surface area contributed by atoms with Gasteiger partial charge in [0.15, 0.2) is 0 Å². The summed E-state index contributed by atoms with van der Waals surface area (Å²) in [4.78, 5) is 11.7. The highest BCUT2D eigenvalue weighted by Crippen LogP contribution is 2.17. The average Bonchev–Trinajstić information content (AvgIpc) is 2.28. The molecule has 0 saturated heterocycles. The molecule has 16 heavy (non-hydrogen) atoms. The third-order valence-corrected chi connectivity index (χ3v) is 3.28. The molecule has 0 amide bonds. The van der Waals surface area contributed by atoms with Crippen molar-refractivity contribution in [1.29, 1.82) is 0 Å². The first kappa shape index (κ1) is 13.4. The molecule has 0 heterocycles. The third-order valence-electron chi connectivity index (χ3n) is 2.51. The Morgan fingerprint density at radius 3 is 2.62 bits per heavy atom. The van der Waals surface area contributed by atoms with Crippen molar-refractivity contribution < 1.29 is 4.79 Å². The summed E-state index contributed by atoms with van der Waals surface area (Å²) in [6.45, 7) is 0.721. The fourth-order valence-corrected chi connectivity index (χ4v) is 2.01. The number of halogens is 1. The van der Waals surface area contributed by atoms with Gasteiger partial charge in [0.1, 0.15) is 5.78 Å². The van der Waals surface area contributed by atoms with E-state index < -0.39 is 0 Å².